The fourth-order valence-corrected chi connectivity index (χ4v) is 2.10. The summed E-state index contributed by atoms with van der Waals surface area (Å²) in [4.78, 5) is 10.9. The number of aryl methyl sites for hydroxylation is 1. The zero-order valence-electron chi connectivity index (χ0n) is 8.43. The minimum absolute atomic E-state index is 0.0271. The van der Waals surface area contributed by atoms with Crippen LogP contribution in [0, 0.1) is 0 Å². The van der Waals surface area contributed by atoms with Crippen molar-refractivity contribution in [1.82, 2.24) is 0 Å². The molecule has 0 aliphatic rings. The van der Waals surface area contributed by atoms with Crippen LogP contribution in [0.25, 0.3) is 0 Å². The van der Waals surface area contributed by atoms with E-state index >= 15 is 0 Å². The lowest BCUT2D eigenvalue weighted by Gasteiger charge is -2.05. The maximum atomic E-state index is 11.2. The van der Waals surface area contributed by atoms with Gasteiger partial charge < -0.3 is 4.79 Å². The number of nitrogens with two attached hydrogens (primary N) is 1. The van der Waals surface area contributed by atoms with E-state index in [-0.39, 0.29) is 10.7 Å². The third-order valence-electron chi connectivity index (χ3n) is 2.03. The van der Waals surface area contributed by atoms with Crippen LogP contribution in [0.5, 0.6) is 0 Å². The van der Waals surface area contributed by atoms with E-state index in [0.717, 1.165) is 0 Å². The molecular formula is C10H13NO3S. The molecule has 82 valence electrons. The van der Waals surface area contributed by atoms with Crippen LogP contribution in [0.4, 0.5) is 0 Å². The first kappa shape index (κ1) is 11.9. The molecule has 0 aliphatic heterocycles. The monoisotopic (exact) mass is 227 g/mol. The van der Waals surface area contributed by atoms with E-state index in [2.05, 4.69) is 0 Å². The first-order valence-electron chi connectivity index (χ1n) is 4.51. The number of ketones is 1. The summed E-state index contributed by atoms with van der Waals surface area (Å²) in [5.74, 6) is 0.0271. The predicted octanol–water partition coefficient (Wildman–Crippen LogP) is 0.856. The van der Waals surface area contributed by atoms with Gasteiger partial charge in [-0.3, -0.25) is 0 Å². The molecule has 0 bridgehead atoms. The molecule has 4 nitrogen and oxygen atoms in total. The Morgan fingerprint density at radius 2 is 1.93 bits per heavy atom. The van der Waals surface area contributed by atoms with Crippen molar-refractivity contribution in [2.75, 3.05) is 0 Å². The molecule has 1 rings (SSSR count). The van der Waals surface area contributed by atoms with Crippen molar-refractivity contribution in [3.8, 4) is 0 Å². The average molecular weight is 227 g/mol. The molecule has 0 spiro atoms. The minimum atomic E-state index is -3.69. The van der Waals surface area contributed by atoms with Gasteiger partial charge in [-0.15, -0.1) is 0 Å². The molecule has 15 heavy (non-hydrogen) atoms. The number of carbonyl (C=O) groups excluding carboxylic acids is 1. The summed E-state index contributed by atoms with van der Waals surface area (Å²) >= 11 is 0. The van der Waals surface area contributed by atoms with Crippen LogP contribution in [0.15, 0.2) is 29.2 Å². The second-order valence-corrected chi connectivity index (χ2v) is 4.88. The zero-order chi connectivity index (χ0) is 11.5. The highest BCUT2D eigenvalue weighted by Gasteiger charge is 2.12. The number of hydrogen-bond donors (Lipinski definition) is 1. The topological polar surface area (TPSA) is 77.2 Å². The molecule has 0 unspecified atom stereocenters. The van der Waals surface area contributed by atoms with E-state index in [0.29, 0.717) is 18.4 Å². The summed E-state index contributed by atoms with van der Waals surface area (Å²) in [5.41, 5.74) is 0.593. The van der Waals surface area contributed by atoms with Crippen LogP contribution in [0.3, 0.4) is 0 Å². The molecule has 1 aromatic rings. The highest BCUT2D eigenvalue weighted by molar-refractivity contribution is 7.89. The smallest absolute Gasteiger partial charge is 0.238 e. The summed E-state index contributed by atoms with van der Waals surface area (Å²) in [6.07, 6.45) is 0.731. The third kappa shape index (κ3) is 3.45. The van der Waals surface area contributed by atoms with E-state index in [4.69, 9.17) is 5.14 Å². The Labute approximate surface area is 89.2 Å². The maximum Gasteiger partial charge on any atom is 0.238 e. The van der Waals surface area contributed by atoms with Crippen LogP contribution in [0.2, 0.25) is 0 Å². The summed E-state index contributed by atoms with van der Waals surface area (Å²) in [6, 6.07) is 6.45. The fourth-order valence-electron chi connectivity index (χ4n) is 1.30. The van der Waals surface area contributed by atoms with Gasteiger partial charge in [0.2, 0.25) is 10.0 Å². The van der Waals surface area contributed by atoms with Crippen LogP contribution in [-0.2, 0) is 21.2 Å². The Bertz CT molecular complexity index is 465. The molecule has 0 amide bonds. The summed E-state index contributed by atoms with van der Waals surface area (Å²) in [7, 11) is -3.69. The Morgan fingerprint density at radius 3 is 2.47 bits per heavy atom. The van der Waals surface area contributed by atoms with Crippen molar-refractivity contribution in [1.29, 1.82) is 0 Å². The predicted molar refractivity (Wildman–Crippen MR) is 56.8 cm³/mol. The highest BCUT2D eigenvalue weighted by Crippen LogP contribution is 2.15. The Hall–Kier alpha value is -1.20. The van der Waals surface area contributed by atoms with Gasteiger partial charge in [-0.2, -0.15) is 0 Å². The standard InChI is InChI=1S/C10H13NO3S/c1-8(12)6-7-9-4-2-3-5-10(9)15(11,13)14/h2-5H,6-7H2,1H3,(H2,11,13,14). The minimum Gasteiger partial charge on any atom is -0.300 e. The zero-order valence-corrected chi connectivity index (χ0v) is 9.25. The van der Waals surface area contributed by atoms with Crippen molar-refractivity contribution in [2.45, 2.75) is 24.7 Å². The van der Waals surface area contributed by atoms with E-state index in [1.54, 1.807) is 18.2 Å². The van der Waals surface area contributed by atoms with Crippen molar-refractivity contribution in [3.05, 3.63) is 29.8 Å². The van der Waals surface area contributed by atoms with E-state index in [1.807, 2.05) is 0 Å². The number of primary sulfonamides is 1. The van der Waals surface area contributed by atoms with Gasteiger partial charge in [-0.05, 0) is 25.0 Å². The first-order valence-corrected chi connectivity index (χ1v) is 6.06. The summed E-state index contributed by atoms with van der Waals surface area (Å²) < 4.78 is 22.4. The van der Waals surface area contributed by atoms with Gasteiger partial charge in [0.1, 0.15) is 5.78 Å². The van der Waals surface area contributed by atoms with Crippen molar-refractivity contribution < 1.29 is 13.2 Å². The van der Waals surface area contributed by atoms with Crippen molar-refractivity contribution in [2.24, 2.45) is 5.14 Å². The van der Waals surface area contributed by atoms with Gasteiger partial charge in [0, 0.05) is 6.42 Å². The second kappa shape index (κ2) is 4.55. The fraction of sp³-hybridized carbons (Fsp3) is 0.300. The van der Waals surface area contributed by atoms with Crippen LogP contribution in [0.1, 0.15) is 18.9 Å². The number of benzene rings is 1. The number of sulfonamides is 1. The Balaban J connectivity index is 3.02. The number of Topliss-reactive ketones (excluding diaryl/α,β-unsaturated/α-hetero) is 1. The van der Waals surface area contributed by atoms with Crippen molar-refractivity contribution >= 4 is 15.8 Å². The molecule has 0 saturated carbocycles. The lowest BCUT2D eigenvalue weighted by atomic mass is 10.1. The normalized spacial score (nSPS) is 11.3. The molecule has 0 atom stereocenters. The van der Waals surface area contributed by atoms with Crippen molar-refractivity contribution in [3.63, 3.8) is 0 Å². The van der Waals surface area contributed by atoms with Gasteiger partial charge >= 0.3 is 0 Å². The largest absolute Gasteiger partial charge is 0.300 e. The second-order valence-electron chi connectivity index (χ2n) is 3.35. The van der Waals surface area contributed by atoms with E-state index in [9.17, 15) is 13.2 Å². The molecule has 0 aromatic heterocycles. The molecule has 0 radical (unpaired) electrons. The molecule has 2 N–H and O–H groups in total. The van der Waals surface area contributed by atoms with Crippen LogP contribution in [-0.4, -0.2) is 14.2 Å². The Morgan fingerprint density at radius 1 is 1.33 bits per heavy atom. The molecule has 0 aliphatic carbocycles. The SMILES string of the molecule is CC(=O)CCc1ccccc1S(N)(=O)=O. The summed E-state index contributed by atoms with van der Waals surface area (Å²) in [5, 5.41) is 5.05. The first-order chi connectivity index (χ1) is 6.91. The van der Waals surface area contributed by atoms with Gasteiger partial charge in [0.25, 0.3) is 0 Å². The lowest BCUT2D eigenvalue weighted by molar-refractivity contribution is -0.116. The summed E-state index contributed by atoms with van der Waals surface area (Å²) in [6.45, 7) is 1.47. The number of rotatable bonds is 4. The van der Waals surface area contributed by atoms with Gasteiger partial charge in [0.05, 0.1) is 4.90 Å². The molecular weight excluding hydrogens is 214 g/mol. The van der Waals surface area contributed by atoms with Crippen LogP contribution >= 0.6 is 0 Å². The van der Waals surface area contributed by atoms with Gasteiger partial charge in [-0.25, -0.2) is 13.6 Å². The van der Waals surface area contributed by atoms with E-state index in [1.165, 1.54) is 13.0 Å². The van der Waals surface area contributed by atoms with E-state index < -0.39 is 10.0 Å². The lowest BCUT2D eigenvalue weighted by Crippen LogP contribution is -2.14. The van der Waals surface area contributed by atoms with Gasteiger partial charge in [-0.1, -0.05) is 18.2 Å². The van der Waals surface area contributed by atoms with Gasteiger partial charge in [0.15, 0.2) is 0 Å². The van der Waals surface area contributed by atoms with Crippen LogP contribution < -0.4 is 5.14 Å². The quantitative estimate of drug-likeness (QED) is 0.828. The Kier molecular flexibility index (Phi) is 3.60. The molecule has 0 heterocycles. The molecule has 0 saturated heterocycles. The highest BCUT2D eigenvalue weighted by atomic mass is 32.2. The number of carbonyl (C=O) groups is 1. The third-order valence-corrected chi connectivity index (χ3v) is 3.04. The number of hydrogen-bond acceptors (Lipinski definition) is 3. The molecule has 1 aromatic carbocycles. The maximum absolute atomic E-state index is 11.2. The average Bonchev–Trinajstić information content (AvgIpc) is 2.13. The molecule has 5 heteroatoms. The molecule has 0 fully saturated rings.